The minimum Gasteiger partial charge on any atom is -0.319 e. The predicted octanol–water partition coefficient (Wildman–Crippen LogP) is 2.96. The molecule has 2 aliphatic carbocycles. The summed E-state index contributed by atoms with van der Waals surface area (Å²) in [7, 11) is 0. The molecule has 1 N–H and O–H groups in total. The second kappa shape index (κ2) is 5.11. The number of urea groups is 1. The van der Waals surface area contributed by atoms with E-state index in [1.807, 2.05) is 18.2 Å². The lowest BCUT2D eigenvalue weighted by Crippen LogP contribution is -2.42. The smallest absolute Gasteiger partial charge is 0.319 e. The highest BCUT2D eigenvalue weighted by Gasteiger charge is 2.55. The molecular weight excluding hydrogens is 276 g/mol. The highest BCUT2D eigenvalue weighted by molar-refractivity contribution is 6.08. The van der Waals surface area contributed by atoms with Gasteiger partial charge in [0.15, 0.2) is 0 Å². The van der Waals surface area contributed by atoms with Gasteiger partial charge >= 0.3 is 6.03 Å². The molecule has 3 aliphatic rings. The van der Waals surface area contributed by atoms with Gasteiger partial charge in [-0.1, -0.05) is 43.5 Å². The number of carbonyl (C=O) groups is 2. The summed E-state index contributed by atoms with van der Waals surface area (Å²) in [5.41, 5.74) is 1.40. The maximum atomic E-state index is 13.0. The molecule has 1 atom stereocenters. The Labute approximate surface area is 130 Å². The van der Waals surface area contributed by atoms with Crippen molar-refractivity contribution in [1.82, 2.24) is 10.2 Å². The summed E-state index contributed by atoms with van der Waals surface area (Å²) in [5.74, 6) is 0.447. The van der Waals surface area contributed by atoms with E-state index in [1.165, 1.54) is 29.7 Å². The lowest BCUT2D eigenvalue weighted by Gasteiger charge is -2.26. The topological polar surface area (TPSA) is 49.4 Å². The van der Waals surface area contributed by atoms with Crippen LogP contribution in [-0.4, -0.2) is 23.4 Å². The van der Waals surface area contributed by atoms with E-state index in [-0.39, 0.29) is 11.9 Å². The molecule has 1 unspecified atom stereocenters. The molecule has 1 spiro atoms. The Balaban J connectivity index is 1.60. The van der Waals surface area contributed by atoms with Crippen LogP contribution in [0.1, 0.15) is 49.7 Å². The van der Waals surface area contributed by atoms with Gasteiger partial charge in [0.1, 0.15) is 5.54 Å². The van der Waals surface area contributed by atoms with Gasteiger partial charge in [0.25, 0.3) is 5.91 Å². The number of amides is 3. The summed E-state index contributed by atoms with van der Waals surface area (Å²) in [4.78, 5) is 26.9. The van der Waals surface area contributed by atoms with Crippen LogP contribution in [0.4, 0.5) is 4.79 Å². The maximum Gasteiger partial charge on any atom is 0.325 e. The van der Waals surface area contributed by atoms with Gasteiger partial charge in [-0.3, -0.25) is 9.69 Å². The molecule has 3 amide bonds. The first-order chi connectivity index (χ1) is 10.7. The number of fused-ring (bicyclic) bond motifs is 2. The average Bonchev–Trinajstić information content (AvgIpc) is 3.03. The molecule has 0 aromatic heterocycles. The minimum absolute atomic E-state index is 0.0342. The van der Waals surface area contributed by atoms with Gasteiger partial charge in [0, 0.05) is 6.54 Å². The van der Waals surface area contributed by atoms with Crippen molar-refractivity contribution in [3.05, 3.63) is 35.4 Å². The number of aryl methyl sites for hydroxylation is 1. The Morgan fingerprint density at radius 2 is 1.91 bits per heavy atom. The zero-order valence-corrected chi connectivity index (χ0v) is 12.8. The van der Waals surface area contributed by atoms with E-state index < -0.39 is 5.54 Å². The van der Waals surface area contributed by atoms with Crippen LogP contribution < -0.4 is 5.32 Å². The van der Waals surface area contributed by atoms with Gasteiger partial charge in [-0.15, -0.1) is 0 Å². The van der Waals surface area contributed by atoms with E-state index >= 15 is 0 Å². The summed E-state index contributed by atoms with van der Waals surface area (Å²) in [6.45, 7) is 0.592. The lowest BCUT2D eigenvalue weighted by molar-refractivity contribution is -0.132. The molecule has 1 aromatic carbocycles. The van der Waals surface area contributed by atoms with E-state index in [1.54, 1.807) is 0 Å². The van der Waals surface area contributed by atoms with Gasteiger partial charge in [-0.2, -0.15) is 0 Å². The molecule has 116 valence electrons. The summed E-state index contributed by atoms with van der Waals surface area (Å²) >= 11 is 0. The number of carbonyl (C=O) groups excluding carboxylic acids is 2. The predicted molar refractivity (Wildman–Crippen MR) is 83.3 cm³/mol. The molecule has 1 aromatic rings. The number of rotatable bonds is 2. The molecular formula is C18H22N2O2. The van der Waals surface area contributed by atoms with Crippen LogP contribution in [-0.2, 0) is 16.8 Å². The highest BCUT2D eigenvalue weighted by atomic mass is 16.2. The molecule has 22 heavy (non-hydrogen) atoms. The SMILES string of the molecule is O=C1NC2(CCc3ccccc32)C(=O)N1CC1CCCCC1. The van der Waals surface area contributed by atoms with Crippen LogP contribution in [0.25, 0.3) is 0 Å². The van der Waals surface area contributed by atoms with Crippen molar-refractivity contribution in [3.8, 4) is 0 Å². The summed E-state index contributed by atoms with van der Waals surface area (Å²) in [6, 6.07) is 7.80. The fourth-order valence-electron chi connectivity index (χ4n) is 4.38. The van der Waals surface area contributed by atoms with E-state index in [0.717, 1.165) is 24.8 Å². The van der Waals surface area contributed by atoms with Crippen molar-refractivity contribution in [3.63, 3.8) is 0 Å². The third-order valence-electron chi connectivity index (χ3n) is 5.59. The molecule has 4 nitrogen and oxygen atoms in total. The van der Waals surface area contributed by atoms with Gasteiger partial charge in [-0.05, 0) is 42.7 Å². The largest absolute Gasteiger partial charge is 0.325 e. The Hall–Kier alpha value is -1.84. The molecule has 1 heterocycles. The van der Waals surface area contributed by atoms with Crippen LogP contribution in [0.15, 0.2) is 24.3 Å². The Morgan fingerprint density at radius 1 is 1.14 bits per heavy atom. The van der Waals surface area contributed by atoms with Crippen molar-refractivity contribution >= 4 is 11.9 Å². The van der Waals surface area contributed by atoms with E-state index in [2.05, 4.69) is 11.4 Å². The molecule has 1 aliphatic heterocycles. The third kappa shape index (κ3) is 1.97. The van der Waals surface area contributed by atoms with Crippen LogP contribution in [0.2, 0.25) is 0 Å². The molecule has 0 radical (unpaired) electrons. The zero-order valence-electron chi connectivity index (χ0n) is 12.8. The monoisotopic (exact) mass is 298 g/mol. The summed E-state index contributed by atoms with van der Waals surface area (Å²) < 4.78 is 0. The maximum absolute atomic E-state index is 13.0. The molecule has 1 saturated carbocycles. The molecule has 4 rings (SSSR count). The summed E-state index contributed by atoms with van der Waals surface area (Å²) in [6.07, 6.45) is 7.57. The van der Waals surface area contributed by atoms with Crippen molar-refractivity contribution < 1.29 is 9.59 Å². The fourth-order valence-corrected chi connectivity index (χ4v) is 4.38. The number of hydrogen-bond donors (Lipinski definition) is 1. The number of hydrogen-bond acceptors (Lipinski definition) is 2. The molecule has 4 heteroatoms. The Bertz CT molecular complexity index is 621. The fraction of sp³-hybridized carbons (Fsp3) is 0.556. The Morgan fingerprint density at radius 3 is 2.73 bits per heavy atom. The van der Waals surface area contributed by atoms with Gasteiger partial charge in [-0.25, -0.2) is 4.79 Å². The third-order valence-corrected chi connectivity index (χ3v) is 5.59. The second-order valence-electron chi connectivity index (χ2n) is 6.91. The first-order valence-electron chi connectivity index (χ1n) is 8.43. The second-order valence-corrected chi connectivity index (χ2v) is 6.91. The van der Waals surface area contributed by atoms with Crippen molar-refractivity contribution in [2.45, 2.75) is 50.5 Å². The van der Waals surface area contributed by atoms with Crippen LogP contribution in [0.3, 0.4) is 0 Å². The number of benzene rings is 1. The van der Waals surface area contributed by atoms with Crippen LogP contribution in [0, 0.1) is 5.92 Å². The number of imide groups is 1. The number of nitrogens with zero attached hydrogens (tertiary/aromatic N) is 1. The normalized spacial score (nSPS) is 28.3. The Kier molecular flexibility index (Phi) is 3.21. The number of nitrogens with one attached hydrogen (secondary N) is 1. The minimum atomic E-state index is -0.789. The highest BCUT2D eigenvalue weighted by Crippen LogP contribution is 2.41. The van der Waals surface area contributed by atoms with Gasteiger partial charge in [0.2, 0.25) is 0 Å². The van der Waals surface area contributed by atoms with E-state index in [0.29, 0.717) is 18.9 Å². The van der Waals surface area contributed by atoms with Gasteiger partial charge < -0.3 is 5.32 Å². The lowest BCUT2D eigenvalue weighted by atomic mass is 9.88. The molecule has 2 fully saturated rings. The molecule has 1 saturated heterocycles. The quantitative estimate of drug-likeness (QED) is 0.853. The zero-order chi connectivity index (χ0) is 15.2. The summed E-state index contributed by atoms with van der Waals surface area (Å²) in [5, 5.41) is 3.01. The van der Waals surface area contributed by atoms with E-state index in [9.17, 15) is 9.59 Å². The average molecular weight is 298 g/mol. The van der Waals surface area contributed by atoms with Crippen molar-refractivity contribution in [1.29, 1.82) is 0 Å². The van der Waals surface area contributed by atoms with Crippen LogP contribution >= 0.6 is 0 Å². The van der Waals surface area contributed by atoms with Gasteiger partial charge in [0.05, 0.1) is 0 Å². The van der Waals surface area contributed by atoms with Crippen molar-refractivity contribution in [2.24, 2.45) is 5.92 Å². The molecule has 0 bridgehead atoms. The van der Waals surface area contributed by atoms with Crippen LogP contribution in [0.5, 0.6) is 0 Å². The van der Waals surface area contributed by atoms with E-state index in [4.69, 9.17) is 0 Å². The first-order valence-corrected chi connectivity index (χ1v) is 8.43. The first kappa shape index (κ1) is 13.8. The van der Waals surface area contributed by atoms with Crippen molar-refractivity contribution in [2.75, 3.05) is 6.54 Å². The standard InChI is InChI=1S/C18H22N2O2/c21-16-18(11-10-14-8-4-5-9-15(14)18)19-17(22)20(16)12-13-6-2-1-3-7-13/h4-5,8-9,13H,1-3,6-7,10-12H2,(H,19,22).